The number of carbonyl (C=O) groups is 2. The maximum Gasteiger partial charge on any atom is 0.326 e. The molecule has 0 aromatic carbocycles. The highest BCUT2D eigenvalue weighted by Crippen LogP contribution is 2.43. The Bertz CT molecular complexity index is 363. The minimum atomic E-state index is -0.806. The molecule has 1 N–H and O–H groups in total. The van der Waals surface area contributed by atoms with Crippen molar-refractivity contribution in [1.82, 2.24) is 4.90 Å². The molecule has 0 aromatic heterocycles. The number of nitrogens with zero attached hydrogens (tertiary/aromatic N) is 1. The molecule has 1 saturated heterocycles. The summed E-state index contributed by atoms with van der Waals surface area (Å²) < 4.78 is 0. The minimum absolute atomic E-state index is 0.0191. The number of amides is 1. The van der Waals surface area contributed by atoms with Gasteiger partial charge in [0.15, 0.2) is 0 Å². The number of rotatable bonds is 6. The first-order valence-electron chi connectivity index (χ1n) is 8.13. The fourth-order valence-electron chi connectivity index (χ4n) is 4.17. The molecule has 0 aromatic rings. The van der Waals surface area contributed by atoms with Crippen LogP contribution in [0.15, 0.2) is 0 Å². The standard InChI is InChI=1S/C16H27NO3/c1-3-6-11(7-4-2)15(18)17-10-12-8-5-9-13(12)14(17)16(19)20/h11-14H,3-10H2,1-2H3,(H,19,20). The van der Waals surface area contributed by atoms with Gasteiger partial charge in [0.25, 0.3) is 0 Å². The van der Waals surface area contributed by atoms with Crippen molar-refractivity contribution in [2.24, 2.45) is 17.8 Å². The van der Waals surface area contributed by atoms with Crippen molar-refractivity contribution < 1.29 is 14.7 Å². The second-order valence-electron chi connectivity index (χ2n) is 6.40. The first kappa shape index (κ1) is 15.3. The summed E-state index contributed by atoms with van der Waals surface area (Å²) in [7, 11) is 0. The lowest BCUT2D eigenvalue weighted by Gasteiger charge is -2.28. The highest BCUT2D eigenvalue weighted by molar-refractivity contribution is 5.86. The molecule has 114 valence electrons. The molecule has 4 nitrogen and oxygen atoms in total. The quantitative estimate of drug-likeness (QED) is 0.814. The van der Waals surface area contributed by atoms with E-state index in [4.69, 9.17) is 0 Å². The summed E-state index contributed by atoms with van der Waals surface area (Å²) in [5.41, 5.74) is 0. The van der Waals surface area contributed by atoms with Crippen LogP contribution in [0.2, 0.25) is 0 Å². The fourth-order valence-corrected chi connectivity index (χ4v) is 4.17. The third-order valence-corrected chi connectivity index (χ3v) is 5.05. The molecule has 2 aliphatic rings. The Balaban J connectivity index is 2.13. The van der Waals surface area contributed by atoms with Crippen LogP contribution in [0.4, 0.5) is 0 Å². The summed E-state index contributed by atoms with van der Waals surface area (Å²) in [6.07, 6.45) is 6.90. The third-order valence-electron chi connectivity index (χ3n) is 5.05. The molecule has 1 amide bonds. The van der Waals surface area contributed by atoms with Gasteiger partial charge in [0.1, 0.15) is 6.04 Å². The number of carbonyl (C=O) groups excluding carboxylic acids is 1. The average molecular weight is 281 g/mol. The van der Waals surface area contributed by atoms with Gasteiger partial charge in [-0.15, -0.1) is 0 Å². The lowest BCUT2D eigenvalue weighted by molar-refractivity contribution is -0.151. The Labute approximate surface area is 121 Å². The van der Waals surface area contributed by atoms with E-state index in [-0.39, 0.29) is 17.7 Å². The van der Waals surface area contributed by atoms with E-state index in [0.29, 0.717) is 12.5 Å². The normalized spacial score (nSPS) is 28.9. The maximum absolute atomic E-state index is 12.7. The lowest BCUT2D eigenvalue weighted by atomic mass is 9.93. The van der Waals surface area contributed by atoms with E-state index in [0.717, 1.165) is 44.9 Å². The van der Waals surface area contributed by atoms with Crippen molar-refractivity contribution in [3.8, 4) is 0 Å². The van der Waals surface area contributed by atoms with Gasteiger partial charge in [-0.05, 0) is 37.5 Å². The number of hydrogen-bond donors (Lipinski definition) is 1. The van der Waals surface area contributed by atoms with Gasteiger partial charge in [0, 0.05) is 12.5 Å². The molecular weight excluding hydrogens is 254 g/mol. The van der Waals surface area contributed by atoms with Gasteiger partial charge in [-0.25, -0.2) is 4.79 Å². The van der Waals surface area contributed by atoms with Gasteiger partial charge < -0.3 is 10.0 Å². The largest absolute Gasteiger partial charge is 0.480 e. The highest BCUT2D eigenvalue weighted by Gasteiger charge is 2.50. The Kier molecular flexibility index (Phi) is 5.06. The van der Waals surface area contributed by atoms with Crippen molar-refractivity contribution in [3.63, 3.8) is 0 Å². The molecule has 20 heavy (non-hydrogen) atoms. The van der Waals surface area contributed by atoms with E-state index in [1.54, 1.807) is 4.90 Å². The van der Waals surface area contributed by atoms with Crippen LogP contribution in [0.1, 0.15) is 58.8 Å². The third kappa shape index (κ3) is 2.84. The monoisotopic (exact) mass is 281 g/mol. The van der Waals surface area contributed by atoms with Gasteiger partial charge in [-0.3, -0.25) is 4.79 Å². The summed E-state index contributed by atoms with van der Waals surface area (Å²) >= 11 is 0. The van der Waals surface area contributed by atoms with Crippen LogP contribution in [-0.2, 0) is 9.59 Å². The topological polar surface area (TPSA) is 57.6 Å². The second kappa shape index (κ2) is 6.59. The average Bonchev–Trinajstić information content (AvgIpc) is 2.96. The SMILES string of the molecule is CCCC(CCC)C(=O)N1CC2CCCC2C1C(=O)O. The molecule has 2 rings (SSSR count). The van der Waals surface area contributed by atoms with Gasteiger partial charge in [-0.2, -0.15) is 0 Å². The molecule has 4 heteroatoms. The van der Waals surface area contributed by atoms with E-state index >= 15 is 0 Å². The predicted octanol–water partition coefficient (Wildman–Crippen LogP) is 2.91. The fraction of sp³-hybridized carbons (Fsp3) is 0.875. The summed E-state index contributed by atoms with van der Waals surface area (Å²) in [5, 5.41) is 9.53. The molecular formula is C16H27NO3. The number of carboxylic acid groups (broad SMARTS) is 1. The van der Waals surface area contributed by atoms with Crippen LogP contribution in [0.25, 0.3) is 0 Å². The van der Waals surface area contributed by atoms with E-state index in [1.807, 2.05) is 0 Å². The first-order valence-corrected chi connectivity index (χ1v) is 8.13. The molecule has 2 fully saturated rings. The highest BCUT2D eigenvalue weighted by atomic mass is 16.4. The summed E-state index contributed by atoms with van der Waals surface area (Å²) in [6, 6.07) is -0.564. The van der Waals surface area contributed by atoms with Crippen molar-refractivity contribution in [3.05, 3.63) is 0 Å². The van der Waals surface area contributed by atoms with E-state index in [2.05, 4.69) is 13.8 Å². The maximum atomic E-state index is 12.7. The molecule has 3 atom stereocenters. The Morgan fingerprint density at radius 1 is 1.20 bits per heavy atom. The van der Waals surface area contributed by atoms with E-state index < -0.39 is 12.0 Å². The van der Waals surface area contributed by atoms with Crippen LogP contribution in [-0.4, -0.2) is 34.5 Å². The zero-order valence-corrected chi connectivity index (χ0v) is 12.7. The van der Waals surface area contributed by atoms with Gasteiger partial charge in [0.05, 0.1) is 0 Å². The van der Waals surface area contributed by atoms with Gasteiger partial charge in [0.2, 0.25) is 5.91 Å². The minimum Gasteiger partial charge on any atom is -0.480 e. The van der Waals surface area contributed by atoms with Crippen LogP contribution in [0.5, 0.6) is 0 Å². The molecule has 1 aliphatic heterocycles. The summed E-state index contributed by atoms with van der Waals surface area (Å²) in [5.74, 6) is -0.0787. The Hall–Kier alpha value is -1.06. The Morgan fingerprint density at radius 2 is 1.85 bits per heavy atom. The van der Waals surface area contributed by atoms with Crippen LogP contribution in [0, 0.1) is 17.8 Å². The molecule has 1 saturated carbocycles. The number of likely N-dealkylation sites (tertiary alicyclic amines) is 1. The van der Waals surface area contributed by atoms with Crippen molar-refractivity contribution in [1.29, 1.82) is 0 Å². The van der Waals surface area contributed by atoms with Crippen molar-refractivity contribution >= 4 is 11.9 Å². The zero-order chi connectivity index (χ0) is 14.7. The molecule has 1 heterocycles. The number of aliphatic carboxylic acids is 1. The Morgan fingerprint density at radius 3 is 2.40 bits per heavy atom. The number of carboxylic acids is 1. The molecule has 1 aliphatic carbocycles. The first-order chi connectivity index (χ1) is 9.60. The molecule has 0 bridgehead atoms. The van der Waals surface area contributed by atoms with Gasteiger partial charge >= 0.3 is 5.97 Å². The number of fused-ring (bicyclic) bond motifs is 1. The van der Waals surface area contributed by atoms with Crippen LogP contribution < -0.4 is 0 Å². The zero-order valence-electron chi connectivity index (χ0n) is 12.7. The summed E-state index contributed by atoms with van der Waals surface area (Å²) in [6.45, 7) is 4.84. The summed E-state index contributed by atoms with van der Waals surface area (Å²) in [4.78, 5) is 26.0. The smallest absolute Gasteiger partial charge is 0.326 e. The van der Waals surface area contributed by atoms with E-state index in [1.165, 1.54) is 0 Å². The number of hydrogen-bond acceptors (Lipinski definition) is 2. The predicted molar refractivity (Wildman–Crippen MR) is 77.3 cm³/mol. The lowest BCUT2D eigenvalue weighted by Crippen LogP contribution is -2.45. The molecule has 0 spiro atoms. The van der Waals surface area contributed by atoms with Crippen LogP contribution in [0.3, 0.4) is 0 Å². The van der Waals surface area contributed by atoms with E-state index in [9.17, 15) is 14.7 Å². The second-order valence-corrected chi connectivity index (χ2v) is 6.40. The molecule has 3 unspecified atom stereocenters. The van der Waals surface area contributed by atoms with Crippen molar-refractivity contribution in [2.75, 3.05) is 6.54 Å². The van der Waals surface area contributed by atoms with Gasteiger partial charge in [-0.1, -0.05) is 33.1 Å². The molecule has 0 radical (unpaired) electrons. The van der Waals surface area contributed by atoms with Crippen LogP contribution >= 0.6 is 0 Å². The van der Waals surface area contributed by atoms with Crippen molar-refractivity contribution in [2.45, 2.75) is 64.8 Å².